The standard InChI is InChI=1S/C23H20N4O/c1-27-16-24-26-22(27)19-13-8-14-20(15-19)25-23(28)21(17-9-4-2-5-10-17)18-11-6-3-7-12-18/h2-16,21H,1H3,(H,25,28). The fraction of sp³-hybridized carbons (Fsp3) is 0.0870. The lowest BCUT2D eigenvalue weighted by atomic mass is 9.90. The second-order valence-corrected chi connectivity index (χ2v) is 6.59. The Morgan fingerprint density at radius 1 is 0.893 bits per heavy atom. The smallest absolute Gasteiger partial charge is 0.236 e. The molecule has 0 atom stereocenters. The Kier molecular flexibility index (Phi) is 4.97. The number of carbonyl (C=O) groups is 1. The zero-order valence-electron chi connectivity index (χ0n) is 15.5. The molecule has 0 fully saturated rings. The number of rotatable bonds is 5. The average molecular weight is 368 g/mol. The molecule has 138 valence electrons. The molecule has 4 rings (SSSR count). The monoisotopic (exact) mass is 368 g/mol. The largest absolute Gasteiger partial charge is 0.325 e. The van der Waals surface area contributed by atoms with Crippen LogP contribution in [0.5, 0.6) is 0 Å². The van der Waals surface area contributed by atoms with Gasteiger partial charge in [-0.1, -0.05) is 72.8 Å². The van der Waals surface area contributed by atoms with Gasteiger partial charge in [0.2, 0.25) is 5.91 Å². The quantitative estimate of drug-likeness (QED) is 0.573. The van der Waals surface area contributed by atoms with E-state index in [9.17, 15) is 4.79 Å². The van der Waals surface area contributed by atoms with Crippen molar-refractivity contribution in [1.29, 1.82) is 0 Å². The SMILES string of the molecule is Cn1cnnc1-c1cccc(NC(=O)C(c2ccccc2)c2ccccc2)c1. The van der Waals surface area contributed by atoms with E-state index in [0.717, 1.165) is 28.2 Å². The molecule has 28 heavy (non-hydrogen) atoms. The van der Waals surface area contributed by atoms with Crippen LogP contribution in [-0.2, 0) is 11.8 Å². The number of amides is 1. The maximum absolute atomic E-state index is 13.2. The lowest BCUT2D eigenvalue weighted by Gasteiger charge is -2.18. The third-order valence-corrected chi connectivity index (χ3v) is 4.63. The van der Waals surface area contributed by atoms with E-state index in [-0.39, 0.29) is 11.8 Å². The first-order valence-corrected chi connectivity index (χ1v) is 9.07. The van der Waals surface area contributed by atoms with Gasteiger partial charge >= 0.3 is 0 Å². The van der Waals surface area contributed by atoms with Crippen LogP contribution in [0, 0.1) is 0 Å². The molecule has 0 unspecified atom stereocenters. The summed E-state index contributed by atoms with van der Waals surface area (Å²) in [6, 6.07) is 27.3. The van der Waals surface area contributed by atoms with Crippen LogP contribution in [0.2, 0.25) is 0 Å². The van der Waals surface area contributed by atoms with Crippen LogP contribution in [0.3, 0.4) is 0 Å². The normalized spacial score (nSPS) is 10.8. The van der Waals surface area contributed by atoms with E-state index in [1.54, 1.807) is 6.33 Å². The highest BCUT2D eigenvalue weighted by molar-refractivity contribution is 5.98. The summed E-state index contributed by atoms with van der Waals surface area (Å²) in [6.07, 6.45) is 1.65. The van der Waals surface area contributed by atoms with Crippen molar-refractivity contribution in [3.05, 3.63) is 102 Å². The van der Waals surface area contributed by atoms with Crippen LogP contribution in [0.25, 0.3) is 11.4 Å². The zero-order valence-corrected chi connectivity index (χ0v) is 15.5. The molecule has 4 aromatic rings. The number of aromatic nitrogens is 3. The van der Waals surface area contributed by atoms with Gasteiger partial charge in [0.1, 0.15) is 6.33 Å². The van der Waals surface area contributed by atoms with E-state index >= 15 is 0 Å². The Labute approximate surface area is 163 Å². The third-order valence-electron chi connectivity index (χ3n) is 4.63. The van der Waals surface area contributed by atoms with Crippen LogP contribution in [0.15, 0.2) is 91.3 Å². The van der Waals surface area contributed by atoms with Gasteiger partial charge in [-0.05, 0) is 23.3 Å². The van der Waals surface area contributed by atoms with E-state index in [4.69, 9.17) is 0 Å². The van der Waals surface area contributed by atoms with Crippen molar-refractivity contribution in [3.8, 4) is 11.4 Å². The van der Waals surface area contributed by atoms with Crippen molar-refractivity contribution in [3.63, 3.8) is 0 Å². The van der Waals surface area contributed by atoms with E-state index < -0.39 is 0 Å². The van der Waals surface area contributed by atoms with Crippen LogP contribution in [0.1, 0.15) is 17.0 Å². The first-order valence-electron chi connectivity index (χ1n) is 9.07. The molecule has 1 aromatic heterocycles. The Bertz CT molecular complexity index is 1030. The van der Waals surface area contributed by atoms with Gasteiger partial charge in [-0.3, -0.25) is 4.79 Å². The van der Waals surface area contributed by atoms with Crippen molar-refractivity contribution in [2.24, 2.45) is 7.05 Å². The van der Waals surface area contributed by atoms with Crippen molar-refractivity contribution >= 4 is 11.6 Å². The number of anilines is 1. The molecule has 1 heterocycles. The lowest BCUT2D eigenvalue weighted by Crippen LogP contribution is -2.22. The fourth-order valence-corrected chi connectivity index (χ4v) is 3.28. The molecular weight excluding hydrogens is 348 g/mol. The van der Waals surface area contributed by atoms with E-state index in [1.807, 2.05) is 96.5 Å². The number of hydrogen-bond acceptors (Lipinski definition) is 3. The molecule has 0 aliphatic carbocycles. The summed E-state index contributed by atoms with van der Waals surface area (Å²) in [7, 11) is 1.89. The predicted octanol–water partition coefficient (Wildman–Crippen LogP) is 4.25. The Morgan fingerprint density at radius 3 is 2.11 bits per heavy atom. The Balaban J connectivity index is 1.65. The number of nitrogens with zero attached hydrogens (tertiary/aromatic N) is 3. The molecule has 0 aliphatic heterocycles. The van der Waals surface area contributed by atoms with Gasteiger partial charge in [-0.15, -0.1) is 10.2 Å². The molecule has 3 aromatic carbocycles. The molecule has 0 saturated heterocycles. The van der Waals surface area contributed by atoms with Gasteiger partial charge < -0.3 is 9.88 Å². The van der Waals surface area contributed by atoms with Crippen molar-refractivity contribution in [1.82, 2.24) is 14.8 Å². The molecule has 5 heteroatoms. The maximum atomic E-state index is 13.2. The first-order chi connectivity index (χ1) is 13.7. The second-order valence-electron chi connectivity index (χ2n) is 6.59. The van der Waals surface area contributed by atoms with Gasteiger partial charge in [-0.2, -0.15) is 0 Å². The summed E-state index contributed by atoms with van der Waals surface area (Å²) in [5, 5.41) is 11.1. The highest BCUT2D eigenvalue weighted by Crippen LogP contribution is 2.27. The molecule has 0 spiro atoms. The molecule has 5 nitrogen and oxygen atoms in total. The molecule has 0 saturated carbocycles. The molecule has 0 radical (unpaired) electrons. The number of carbonyl (C=O) groups excluding carboxylic acids is 1. The van der Waals surface area contributed by atoms with E-state index in [1.165, 1.54) is 0 Å². The summed E-state index contributed by atoms with van der Waals surface area (Å²) in [5.41, 5.74) is 3.53. The Morgan fingerprint density at radius 2 is 1.54 bits per heavy atom. The minimum Gasteiger partial charge on any atom is -0.325 e. The average Bonchev–Trinajstić information content (AvgIpc) is 3.16. The van der Waals surface area contributed by atoms with Gasteiger partial charge in [-0.25, -0.2) is 0 Å². The van der Waals surface area contributed by atoms with Crippen LogP contribution in [0.4, 0.5) is 5.69 Å². The number of aryl methyl sites for hydroxylation is 1. The molecule has 0 bridgehead atoms. The number of benzene rings is 3. The first kappa shape index (κ1) is 17.7. The van der Waals surface area contributed by atoms with Gasteiger partial charge in [0.05, 0.1) is 5.92 Å². The summed E-state index contributed by atoms with van der Waals surface area (Å²) in [5.74, 6) is 0.284. The number of hydrogen-bond donors (Lipinski definition) is 1. The Hall–Kier alpha value is -3.73. The summed E-state index contributed by atoms with van der Waals surface area (Å²) in [6.45, 7) is 0. The molecule has 0 aliphatic rings. The minimum absolute atomic E-state index is 0.0764. The minimum atomic E-state index is -0.388. The van der Waals surface area contributed by atoms with E-state index in [0.29, 0.717) is 0 Å². The second kappa shape index (κ2) is 7.88. The van der Waals surface area contributed by atoms with Gasteiger partial charge in [0.25, 0.3) is 0 Å². The summed E-state index contributed by atoms with van der Waals surface area (Å²) >= 11 is 0. The van der Waals surface area contributed by atoms with Crippen LogP contribution < -0.4 is 5.32 Å². The van der Waals surface area contributed by atoms with Crippen molar-refractivity contribution in [2.45, 2.75) is 5.92 Å². The van der Waals surface area contributed by atoms with Crippen molar-refractivity contribution in [2.75, 3.05) is 5.32 Å². The summed E-state index contributed by atoms with van der Waals surface area (Å²) in [4.78, 5) is 13.2. The molecule has 1 amide bonds. The molecular formula is C23H20N4O. The summed E-state index contributed by atoms with van der Waals surface area (Å²) < 4.78 is 1.84. The third kappa shape index (κ3) is 3.69. The highest BCUT2D eigenvalue weighted by Gasteiger charge is 2.22. The van der Waals surface area contributed by atoms with Crippen LogP contribution >= 0.6 is 0 Å². The lowest BCUT2D eigenvalue weighted by molar-refractivity contribution is -0.116. The topological polar surface area (TPSA) is 59.8 Å². The maximum Gasteiger partial charge on any atom is 0.236 e. The van der Waals surface area contributed by atoms with Gasteiger partial charge in [0.15, 0.2) is 5.82 Å². The molecule has 1 N–H and O–H groups in total. The van der Waals surface area contributed by atoms with Gasteiger partial charge in [0, 0.05) is 18.3 Å². The van der Waals surface area contributed by atoms with E-state index in [2.05, 4.69) is 15.5 Å². The number of nitrogens with one attached hydrogen (secondary N) is 1. The zero-order chi connectivity index (χ0) is 19.3. The van der Waals surface area contributed by atoms with Crippen molar-refractivity contribution < 1.29 is 4.79 Å². The predicted molar refractivity (Wildman–Crippen MR) is 110 cm³/mol. The highest BCUT2D eigenvalue weighted by atomic mass is 16.1. The van der Waals surface area contributed by atoms with Crippen LogP contribution in [-0.4, -0.2) is 20.7 Å². The fourth-order valence-electron chi connectivity index (χ4n) is 3.28.